The molecular formula is C16H20F3N3O2. The first-order valence-corrected chi connectivity index (χ1v) is 7.38. The van der Waals surface area contributed by atoms with Crippen molar-refractivity contribution < 1.29 is 22.6 Å². The first-order valence-electron chi connectivity index (χ1n) is 7.38. The summed E-state index contributed by atoms with van der Waals surface area (Å²) in [4.78, 5) is 0. The summed E-state index contributed by atoms with van der Waals surface area (Å²) >= 11 is 0. The fraction of sp³-hybridized carbons (Fsp3) is 0.438. The molecule has 1 unspecified atom stereocenters. The Bertz CT molecular complexity index is 671. The van der Waals surface area contributed by atoms with E-state index < -0.39 is 12.8 Å². The third kappa shape index (κ3) is 5.16. The van der Waals surface area contributed by atoms with E-state index in [0.717, 1.165) is 11.3 Å². The Hall–Kier alpha value is -2.22. The molecule has 1 aromatic carbocycles. The van der Waals surface area contributed by atoms with Gasteiger partial charge in [0.25, 0.3) is 0 Å². The lowest BCUT2D eigenvalue weighted by atomic mass is 10.1. The summed E-state index contributed by atoms with van der Waals surface area (Å²) in [5.74, 6) is 0.334. The number of halogens is 3. The van der Waals surface area contributed by atoms with E-state index in [4.69, 9.17) is 9.47 Å². The minimum atomic E-state index is -4.39. The fourth-order valence-electron chi connectivity index (χ4n) is 2.14. The van der Waals surface area contributed by atoms with Crippen molar-refractivity contribution in [3.05, 3.63) is 41.7 Å². The van der Waals surface area contributed by atoms with Gasteiger partial charge < -0.3 is 14.8 Å². The maximum absolute atomic E-state index is 12.2. The van der Waals surface area contributed by atoms with E-state index in [2.05, 4.69) is 10.4 Å². The van der Waals surface area contributed by atoms with Crippen molar-refractivity contribution in [3.63, 3.8) is 0 Å². The molecule has 0 fully saturated rings. The molecule has 0 aliphatic rings. The number of alkyl halides is 3. The summed E-state index contributed by atoms with van der Waals surface area (Å²) in [5.41, 5.74) is 1.78. The van der Waals surface area contributed by atoms with Crippen LogP contribution in [-0.4, -0.2) is 29.7 Å². The average Bonchev–Trinajstić information content (AvgIpc) is 2.96. The van der Waals surface area contributed by atoms with Gasteiger partial charge in [-0.25, -0.2) is 0 Å². The molecule has 0 bridgehead atoms. The number of aromatic nitrogens is 2. The second kappa shape index (κ2) is 7.57. The van der Waals surface area contributed by atoms with Crippen LogP contribution in [0.5, 0.6) is 11.5 Å². The number of nitrogens with zero attached hydrogens (tertiary/aromatic N) is 2. The van der Waals surface area contributed by atoms with Crippen molar-refractivity contribution in [2.75, 3.05) is 13.7 Å². The summed E-state index contributed by atoms with van der Waals surface area (Å²) in [6.07, 6.45) is -2.52. The van der Waals surface area contributed by atoms with Gasteiger partial charge >= 0.3 is 6.18 Å². The van der Waals surface area contributed by atoms with Crippen LogP contribution in [0, 0.1) is 0 Å². The number of methoxy groups -OCH3 is 1. The Labute approximate surface area is 138 Å². The molecule has 5 nitrogen and oxygen atoms in total. The molecule has 0 radical (unpaired) electrons. The minimum Gasteiger partial charge on any atom is -0.493 e. The van der Waals surface area contributed by atoms with Crippen LogP contribution < -0.4 is 14.8 Å². The first kappa shape index (κ1) is 18.1. The van der Waals surface area contributed by atoms with Crippen molar-refractivity contribution in [2.24, 2.45) is 7.05 Å². The van der Waals surface area contributed by atoms with Crippen molar-refractivity contribution in [2.45, 2.75) is 25.7 Å². The minimum absolute atomic E-state index is 0.0401. The van der Waals surface area contributed by atoms with Gasteiger partial charge in [-0.3, -0.25) is 4.68 Å². The summed E-state index contributed by atoms with van der Waals surface area (Å²) in [6, 6.07) is 6.80. The van der Waals surface area contributed by atoms with Gasteiger partial charge in [0.2, 0.25) is 0 Å². The number of hydrogen-bond acceptors (Lipinski definition) is 4. The van der Waals surface area contributed by atoms with E-state index in [1.165, 1.54) is 13.2 Å². The zero-order chi connectivity index (χ0) is 17.7. The molecular weight excluding hydrogens is 323 g/mol. The van der Waals surface area contributed by atoms with Crippen LogP contribution in [-0.2, 0) is 13.6 Å². The van der Waals surface area contributed by atoms with Gasteiger partial charge in [0.05, 0.1) is 12.8 Å². The molecule has 2 rings (SSSR count). The largest absolute Gasteiger partial charge is 0.493 e. The quantitative estimate of drug-likeness (QED) is 0.839. The Morgan fingerprint density at radius 3 is 2.58 bits per heavy atom. The molecule has 1 atom stereocenters. The molecule has 0 aliphatic heterocycles. The van der Waals surface area contributed by atoms with Crippen molar-refractivity contribution in [1.29, 1.82) is 0 Å². The van der Waals surface area contributed by atoms with Gasteiger partial charge in [-0.1, -0.05) is 6.07 Å². The highest BCUT2D eigenvalue weighted by Crippen LogP contribution is 2.30. The molecule has 1 N–H and O–H groups in total. The van der Waals surface area contributed by atoms with Crippen LogP contribution in [0.25, 0.3) is 0 Å². The summed E-state index contributed by atoms with van der Waals surface area (Å²) in [6.45, 7) is 1.16. The van der Waals surface area contributed by atoms with E-state index in [9.17, 15) is 13.2 Å². The molecule has 2 aromatic rings. The van der Waals surface area contributed by atoms with E-state index >= 15 is 0 Å². The second-order valence-corrected chi connectivity index (χ2v) is 5.41. The highest BCUT2D eigenvalue weighted by molar-refractivity contribution is 5.43. The third-order valence-electron chi connectivity index (χ3n) is 3.41. The van der Waals surface area contributed by atoms with Crippen molar-refractivity contribution in [1.82, 2.24) is 15.1 Å². The number of ether oxygens (including phenoxy) is 2. The van der Waals surface area contributed by atoms with Crippen LogP contribution in [0.2, 0.25) is 0 Å². The number of aryl methyl sites for hydroxylation is 1. The molecule has 0 aliphatic carbocycles. The van der Waals surface area contributed by atoms with Gasteiger partial charge in [-0.15, -0.1) is 0 Å². The third-order valence-corrected chi connectivity index (χ3v) is 3.41. The zero-order valence-corrected chi connectivity index (χ0v) is 13.7. The lowest BCUT2D eigenvalue weighted by Crippen LogP contribution is -2.20. The number of rotatable bonds is 7. The Balaban J connectivity index is 1.98. The molecule has 1 heterocycles. The van der Waals surface area contributed by atoms with Crippen molar-refractivity contribution >= 4 is 0 Å². The van der Waals surface area contributed by atoms with E-state index in [1.54, 1.807) is 16.8 Å². The Morgan fingerprint density at radius 2 is 2.00 bits per heavy atom. The van der Waals surface area contributed by atoms with Gasteiger partial charge in [0, 0.05) is 25.8 Å². The van der Waals surface area contributed by atoms with Crippen LogP contribution in [0.4, 0.5) is 13.2 Å². The average molecular weight is 343 g/mol. The lowest BCUT2D eigenvalue weighted by molar-refractivity contribution is -0.153. The van der Waals surface area contributed by atoms with E-state index in [1.807, 2.05) is 26.2 Å². The van der Waals surface area contributed by atoms with E-state index in [0.29, 0.717) is 6.54 Å². The van der Waals surface area contributed by atoms with Crippen molar-refractivity contribution in [3.8, 4) is 11.5 Å². The molecule has 0 spiro atoms. The van der Waals surface area contributed by atoms with E-state index in [-0.39, 0.29) is 17.5 Å². The van der Waals surface area contributed by atoms with Gasteiger partial charge in [-0.05, 0) is 30.7 Å². The number of nitrogens with one attached hydrogen (secondary N) is 1. The Morgan fingerprint density at radius 1 is 1.25 bits per heavy atom. The smallest absolute Gasteiger partial charge is 0.422 e. The van der Waals surface area contributed by atoms with Gasteiger partial charge in [0.1, 0.15) is 0 Å². The summed E-state index contributed by atoms with van der Waals surface area (Å²) in [7, 11) is 3.24. The maximum Gasteiger partial charge on any atom is 0.422 e. The number of benzene rings is 1. The molecule has 1 aromatic heterocycles. The fourth-order valence-corrected chi connectivity index (χ4v) is 2.14. The molecule has 0 saturated heterocycles. The van der Waals surface area contributed by atoms with Gasteiger partial charge in [0.15, 0.2) is 18.1 Å². The molecule has 24 heavy (non-hydrogen) atoms. The molecule has 0 saturated carbocycles. The predicted octanol–water partition coefficient (Wildman–Crippen LogP) is 3.22. The summed E-state index contributed by atoms with van der Waals surface area (Å²) < 4.78 is 48.3. The van der Waals surface area contributed by atoms with Crippen LogP contribution in [0.15, 0.2) is 30.5 Å². The standard InChI is InChI=1S/C16H20F3N3O2/c1-11(13-6-7-22(2)21-13)20-9-12-4-5-14(15(8-12)23-3)24-10-16(17,18)19/h4-8,11,20H,9-10H2,1-3H3. The second-order valence-electron chi connectivity index (χ2n) is 5.41. The molecule has 8 heteroatoms. The maximum atomic E-state index is 12.2. The Kier molecular flexibility index (Phi) is 5.71. The zero-order valence-electron chi connectivity index (χ0n) is 13.7. The van der Waals surface area contributed by atoms with Crippen LogP contribution >= 0.6 is 0 Å². The highest BCUT2D eigenvalue weighted by Gasteiger charge is 2.29. The lowest BCUT2D eigenvalue weighted by Gasteiger charge is -2.15. The monoisotopic (exact) mass is 343 g/mol. The summed E-state index contributed by atoms with van der Waals surface area (Å²) in [5, 5.41) is 7.62. The normalized spacial score (nSPS) is 12.9. The molecule has 132 valence electrons. The van der Waals surface area contributed by atoms with Crippen LogP contribution in [0.1, 0.15) is 24.2 Å². The topological polar surface area (TPSA) is 48.3 Å². The van der Waals surface area contributed by atoms with Crippen LogP contribution in [0.3, 0.4) is 0 Å². The van der Waals surface area contributed by atoms with Gasteiger partial charge in [-0.2, -0.15) is 18.3 Å². The first-order chi connectivity index (χ1) is 11.3. The SMILES string of the molecule is COc1cc(CNC(C)c2ccn(C)n2)ccc1OCC(F)(F)F. The number of hydrogen-bond donors (Lipinski definition) is 1. The highest BCUT2D eigenvalue weighted by atomic mass is 19.4. The predicted molar refractivity (Wildman–Crippen MR) is 83.0 cm³/mol. The molecule has 0 amide bonds.